The van der Waals surface area contributed by atoms with Crippen molar-refractivity contribution in [3.8, 4) is 5.75 Å². The van der Waals surface area contributed by atoms with Gasteiger partial charge >= 0.3 is 0 Å². The van der Waals surface area contributed by atoms with E-state index in [1.807, 2.05) is 4.57 Å². The summed E-state index contributed by atoms with van der Waals surface area (Å²) in [4.78, 5) is 4.15. The zero-order valence-electron chi connectivity index (χ0n) is 13.6. The number of ether oxygens (including phenoxy) is 1. The largest absolute Gasteiger partial charge is 0.483 e. The van der Waals surface area contributed by atoms with E-state index in [2.05, 4.69) is 26.9 Å². The minimum atomic E-state index is -0.417. The SMILES string of the molecule is C=CCn1c(COc2ccccc2F)nnc1SCc1noc(C)n1. The van der Waals surface area contributed by atoms with Gasteiger partial charge in [0.2, 0.25) is 5.89 Å². The van der Waals surface area contributed by atoms with Gasteiger partial charge in [0.1, 0.15) is 6.61 Å². The summed E-state index contributed by atoms with van der Waals surface area (Å²) >= 11 is 1.43. The lowest BCUT2D eigenvalue weighted by Gasteiger charge is -2.09. The molecule has 9 heteroatoms. The number of benzene rings is 1. The lowest BCUT2D eigenvalue weighted by molar-refractivity contribution is 0.275. The van der Waals surface area contributed by atoms with Gasteiger partial charge in [-0.05, 0) is 12.1 Å². The number of rotatable bonds is 8. The average Bonchev–Trinajstić information content (AvgIpc) is 3.19. The van der Waals surface area contributed by atoms with Crippen molar-refractivity contribution in [2.75, 3.05) is 0 Å². The maximum absolute atomic E-state index is 13.6. The summed E-state index contributed by atoms with van der Waals surface area (Å²) in [6.07, 6.45) is 1.73. The van der Waals surface area contributed by atoms with E-state index in [1.165, 1.54) is 17.8 Å². The Morgan fingerprint density at radius 1 is 1.36 bits per heavy atom. The fourth-order valence-electron chi connectivity index (χ4n) is 2.08. The van der Waals surface area contributed by atoms with Crippen LogP contribution in [0, 0.1) is 12.7 Å². The third kappa shape index (κ3) is 4.24. The molecular formula is C16H16FN5O2S. The summed E-state index contributed by atoms with van der Waals surface area (Å²) in [7, 11) is 0. The quantitative estimate of drug-likeness (QED) is 0.450. The second-order valence-electron chi connectivity index (χ2n) is 5.04. The highest BCUT2D eigenvalue weighted by molar-refractivity contribution is 7.98. The van der Waals surface area contributed by atoms with Crippen LogP contribution in [0.15, 0.2) is 46.6 Å². The first-order valence-electron chi connectivity index (χ1n) is 7.49. The number of aromatic nitrogens is 5. The minimum Gasteiger partial charge on any atom is -0.483 e. The topological polar surface area (TPSA) is 78.9 Å². The Morgan fingerprint density at radius 3 is 2.92 bits per heavy atom. The van der Waals surface area contributed by atoms with Gasteiger partial charge in [-0.15, -0.1) is 16.8 Å². The molecule has 2 heterocycles. The summed E-state index contributed by atoms with van der Waals surface area (Å²) in [5.74, 6) is 1.93. The molecule has 0 N–H and O–H groups in total. The van der Waals surface area contributed by atoms with E-state index in [4.69, 9.17) is 9.26 Å². The van der Waals surface area contributed by atoms with Gasteiger partial charge in [0.25, 0.3) is 0 Å². The Morgan fingerprint density at radius 2 is 2.20 bits per heavy atom. The first-order chi connectivity index (χ1) is 12.2. The number of hydrogen-bond donors (Lipinski definition) is 0. The molecule has 0 saturated heterocycles. The molecule has 3 rings (SSSR count). The van der Waals surface area contributed by atoms with Crippen LogP contribution < -0.4 is 4.74 Å². The van der Waals surface area contributed by atoms with Gasteiger partial charge in [0.15, 0.2) is 28.4 Å². The molecule has 0 aliphatic rings. The van der Waals surface area contributed by atoms with Crippen molar-refractivity contribution in [1.29, 1.82) is 0 Å². The highest BCUT2D eigenvalue weighted by Gasteiger charge is 2.14. The van der Waals surface area contributed by atoms with Crippen molar-refractivity contribution in [1.82, 2.24) is 24.9 Å². The molecule has 0 atom stereocenters. The van der Waals surface area contributed by atoms with Crippen LogP contribution in [0.25, 0.3) is 0 Å². The molecule has 130 valence electrons. The first-order valence-corrected chi connectivity index (χ1v) is 8.48. The van der Waals surface area contributed by atoms with Crippen LogP contribution in [0.4, 0.5) is 4.39 Å². The van der Waals surface area contributed by atoms with Crippen molar-refractivity contribution in [2.45, 2.75) is 31.0 Å². The van der Waals surface area contributed by atoms with E-state index in [0.29, 0.717) is 35.0 Å². The van der Waals surface area contributed by atoms with Crippen molar-refractivity contribution in [3.05, 3.63) is 60.3 Å². The number of hydrogen-bond acceptors (Lipinski definition) is 7. The van der Waals surface area contributed by atoms with Gasteiger partial charge in [-0.25, -0.2) is 4.39 Å². The van der Waals surface area contributed by atoms with Crippen molar-refractivity contribution in [2.24, 2.45) is 0 Å². The van der Waals surface area contributed by atoms with E-state index in [9.17, 15) is 4.39 Å². The molecule has 0 radical (unpaired) electrons. The summed E-state index contributed by atoms with van der Waals surface area (Å²) in [6.45, 7) is 6.09. The Labute approximate surface area is 147 Å². The van der Waals surface area contributed by atoms with Gasteiger partial charge in [-0.3, -0.25) is 4.57 Å². The Hall–Kier alpha value is -2.68. The molecule has 3 aromatic rings. The monoisotopic (exact) mass is 361 g/mol. The molecule has 0 amide bonds. The third-order valence-electron chi connectivity index (χ3n) is 3.20. The summed E-state index contributed by atoms with van der Waals surface area (Å²) in [6, 6.07) is 6.23. The highest BCUT2D eigenvalue weighted by Crippen LogP contribution is 2.22. The Kier molecular flexibility index (Phi) is 5.44. The van der Waals surface area contributed by atoms with Crippen LogP contribution >= 0.6 is 11.8 Å². The predicted molar refractivity (Wildman–Crippen MR) is 89.5 cm³/mol. The van der Waals surface area contributed by atoms with Crippen LogP contribution in [0.2, 0.25) is 0 Å². The van der Waals surface area contributed by atoms with Crippen LogP contribution in [-0.4, -0.2) is 24.9 Å². The summed E-state index contributed by atoms with van der Waals surface area (Å²) < 4.78 is 26.0. The zero-order chi connectivity index (χ0) is 17.6. The van der Waals surface area contributed by atoms with Gasteiger partial charge < -0.3 is 9.26 Å². The number of aryl methyl sites for hydroxylation is 1. The van der Waals surface area contributed by atoms with Gasteiger partial charge in [-0.2, -0.15) is 4.98 Å². The smallest absolute Gasteiger partial charge is 0.223 e. The fraction of sp³-hybridized carbons (Fsp3) is 0.250. The van der Waals surface area contributed by atoms with E-state index in [1.54, 1.807) is 31.2 Å². The number of para-hydroxylation sites is 1. The van der Waals surface area contributed by atoms with Gasteiger partial charge in [0, 0.05) is 13.5 Å². The van der Waals surface area contributed by atoms with Crippen molar-refractivity contribution >= 4 is 11.8 Å². The molecule has 0 spiro atoms. The molecule has 0 unspecified atom stereocenters. The number of thioether (sulfide) groups is 1. The summed E-state index contributed by atoms with van der Waals surface area (Å²) in [5, 5.41) is 12.8. The first kappa shape index (κ1) is 17.2. The average molecular weight is 361 g/mol. The van der Waals surface area contributed by atoms with Crippen LogP contribution in [0.1, 0.15) is 17.5 Å². The second kappa shape index (κ2) is 7.93. The zero-order valence-corrected chi connectivity index (χ0v) is 14.4. The molecule has 0 aliphatic carbocycles. The van der Waals surface area contributed by atoms with E-state index < -0.39 is 5.82 Å². The van der Waals surface area contributed by atoms with E-state index >= 15 is 0 Å². The Balaban J connectivity index is 1.70. The third-order valence-corrected chi connectivity index (χ3v) is 4.16. The standard InChI is InChI=1S/C16H16FN5O2S/c1-3-8-22-15(9-23-13-7-5-4-6-12(13)17)19-20-16(22)25-10-14-18-11(2)24-21-14/h3-7H,1,8-10H2,2H3. The molecular weight excluding hydrogens is 345 g/mol. The molecule has 0 saturated carbocycles. The number of halogens is 1. The second-order valence-corrected chi connectivity index (χ2v) is 5.98. The van der Waals surface area contributed by atoms with Gasteiger partial charge in [-0.1, -0.05) is 35.1 Å². The molecule has 0 bridgehead atoms. The lowest BCUT2D eigenvalue weighted by atomic mass is 10.3. The number of nitrogens with zero attached hydrogens (tertiary/aromatic N) is 5. The van der Waals surface area contributed by atoms with Crippen molar-refractivity contribution in [3.63, 3.8) is 0 Å². The minimum absolute atomic E-state index is 0.101. The van der Waals surface area contributed by atoms with E-state index in [0.717, 1.165) is 0 Å². The predicted octanol–water partition coefficient (Wildman–Crippen LogP) is 3.17. The normalized spacial score (nSPS) is 10.8. The van der Waals surface area contributed by atoms with Crippen LogP contribution in [-0.2, 0) is 18.9 Å². The van der Waals surface area contributed by atoms with Crippen LogP contribution in [0.3, 0.4) is 0 Å². The maximum Gasteiger partial charge on any atom is 0.223 e. The van der Waals surface area contributed by atoms with E-state index in [-0.39, 0.29) is 12.4 Å². The Bertz CT molecular complexity index is 864. The number of allylic oxidation sites excluding steroid dienone is 1. The molecule has 7 nitrogen and oxygen atoms in total. The van der Waals surface area contributed by atoms with Crippen LogP contribution in [0.5, 0.6) is 5.75 Å². The molecule has 1 aromatic carbocycles. The molecule has 25 heavy (non-hydrogen) atoms. The van der Waals surface area contributed by atoms with Crippen molar-refractivity contribution < 1.29 is 13.7 Å². The molecule has 0 fully saturated rings. The lowest BCUT2D eigenvalue weighted by Crippen LogP contribution is -2.08. The summed E-state index contributed by atoms with van der Waals surface area (Å²) in [5.41, 5.74) is 0. The maximum atomic E-state index is 13.6. The highest BCUT2D eigenvalue weighted by atomic mass is 32.2. The molecule has 2 aromatic heterocycles. The fourth-order valence-corrected chi connectivity index (χ4v) is 2.89. The van der Waals surface area contributed by atoms with Gasteiger partial charge in [0.05, 0.1) is 5.75 Å². The molecule has 0 aliphatic heterocycles.